The maximum atomic E-state index is 13.5. The second-order valence-electron chi connectivity index (χ2n) is 3.62. The van der Waals surface area contributed by atoms with Crippen molar-refractivity contribution in [3.05, 3.63) is 69.7 Å². The minimum atomic E-state index is -1.18. The van der Waals surface area contributed by atoms with Crippen molar-refractivity contribution in [1.29, 1.82) is 0 Å². The summed E-state index contributed by atoms with van der Waals surface area (Å²) in [6.45, 7) is 0. The van der Waals surface area contributed by atoms with Crippen molar-refractivity contribution >= 4 is 15.9 Å². The predicted octanol–water partition coefficient (Wildman–Crippen LogP) is 3.81. The molecule has 0 aliphatic carbocycles. The van der Waals surface area contributed by atoms with Gasteiger partial charge in [-0.25, -0.2) is 8.78 Å². The van der Waals surface area contributed by atoms with E-state index in [-0.39, 0.29) is 5.56 Å². The molecule has 1 unspecified atom stereocenters. The molecule has 0 heterocycles. The molecule has 0 saturated carbocycles. The molecule has 1 nitrogen and oxygen atoms in total. The van der Waals surface area contributed by atoms with E-state index in [1.807, 2.05) is 0 Å². The van der Waals surface area contributed by atoms with Crippen molar-refractivity contribution in [3.8, 4) is 0 Å². The molecule has 0 amide bonds. The largest absolute Gasteiger partial charge is 0.384 e. The minimum Gasteiger partial charge on any atom is -0.384 e. The molecule has 17 heavy (non-hydrogen) atoms. The van der Waals surface area contributed by atoms with Crippen LogP contribution in [0.15, 0.2) is 46.9 Å². The molecule has 0 aliphatic rings. The summed E-state index contributed by atoms with van der Waals surface area (Å²) < 4.78 is 27.3. The topological polar surface area (TPSA) is 20.2 Å². The van der Waals surface area contributed by atoms with Gasteiger partial charge in [-0.1, -0.05) is 28.1 Å². The Bertz CT molecular complexity index is 543. The van der Waals surface area contributed by atoms with Gasteiger partial charge in [0.1, 0.15) is 17.7 Å². The number of benzene rings is 2. The molecule has 0 aromatic heterocycles. The standard InChI is InChI=1S/C13H9BrF2O/c14-9-3-1-2-8(6-9)13(17)11-7-10(15)4-5-12(11)16/h1-7,13,17H. The van der Waals surface area contributed by atoms with Gasteiger partial charge in [-0.15, -0.1) is 0 Å². The first kappa shape index (κ1) is 12.2. The summed E-state index contributed by atoms with van der Waals surface area (Å²) in [5.41, 5.74) is 0.437. The first-order valence-electron chi connectivity index (χ1n) is 4.96. The van der Waals surface area contributed by atoms with Gasteiger partial charge in [0, 0.05) is 10.0 Å². The fourth-order valence-corrected chi connectivity index (χ4v) is 2.00. The zero-order valence-electron chi connectivity index (χ0n) is 8.70. The maximum absolute atomic E-state index is 13.5. The van der Waals surface area contributed by atoms with Crippen LogP contribution in [0.3, 0.4) is 0 Å². The van der Waals surface area contributed by atoms with E-state index >= 15 is 0 Å². The van der Waals surface area contributed by atoms with Crippen LogP contribution < -0.4 is 0 Å². The summed E-state index contributed by atoms with van der Waals surface area (Å²) >= 11 is 3.26. The first-order chi connectivity index (χ1) is 8.08. The van der Waals surface area contributed by atoms with E-state index in [9.17, 15) is 13.9 Å². The molecule has 2 rings (SSSR count). The van der Waals surface area contributed by atoms with Gasteiger partial charge in [0.15, 0.2) is 0 Å². The van der Waals surface area contributed by atoms with Crippen molar-refractivity contribution < 1.29 is 13.9 Å². The van der Waals surface area contributed by atoms with Crippen LogP contribution in [0.4, 0.5) is 8.78 Å². The Morgan fingerprint density at radius 2 is 1.82 bits per heavy atom. The fraction of sp³-hybridized carbons (Fsp3) is 0.0769. The molecule has 0 saturated heterocycles. The van der Waals surface area contributed by atoms with Crippen LogP contribution in [0.5, 0.6) is 0 Å². The van der Waals surface area contributed by atoms with Crippen LogP contribution in [0.2, 0.25) is 0 Å². The predicted molar refractivity (Wildman–Crippen MR) is 64.6 cm³/mol. The number of aliphatic hydroxyl groups excluding tert-OH is 1. The number of hydrogen-bond acceptors (Lipinski definition) is 1. The van der Waals surface area contributed by atoms with Crippen LogP contribution in [-0.2, 0) is 0 Å². The minimum absolute atomic E-state index is 0.0666. The lowest BCUT2D eigenvalue weighted by molar-refractivity contribution is 0.214. The second-order valence-corrected chi connectivity index (χ2v) is 4.54. The molecular weight excluding hydrogens is 290 g/mol. The summed E-state index contributed by atoms with van der Waals surface area (Å²) in [6, 6.07) is 9.85. The summed E-state index contributed by atoms with van der Waals surface area (Å²) in [5.74, 6) is -1.20. The molecule has 88 valence electrons. The molecule has 0 fully saturated rings. The lowest BCUT2D eigenvalue weighted by Gasteiger charge is -2.12. The molecule has 0 bridgehead atoms. The number of rotatable bonds is 2. The lowest BCUT2D eigenvalue weighted by atomic mass is 10.0. The van der Waals surface area contributed by atoms with E-state index in [4.69, 9.17) is 0 Å². The van der Waals surface area contributed by atoms with Gasteiger partial charge in [-0.05, 0) is 35.9 Å². The monoisotopic (exact) mass is 298 g/mol. The van der Waals surface area contributed by atoms with Crippen molar-refractivity contribution in [1.82, 2.24) is 0 Å². The van der Waals surface area contributed by atoms with E-state index in [0.717, 1.165) is 22.7 Å². The average molecular weight is 299 g/mol. The zero-order valence-corrected chi connectivity index (χ0v) is 10.3. The Hall–Kier alpha value is -1.26. The van der Waals surface area contributed by atoms with Crippen molar-refractivity contribution in [2.45, 2.75) is 6.10 Å². The molecule has 1 N–H and O–H groups in total. The third-order valence-electron chi connectivity index (χ3n) is 2.42. The highest BCUT2D eigenvalue weighted by atomic mass is 79.9. The van der Waals surface area contributed by atoms with E-state index in [2.05, 4.69) is 15.9 Å². The van der Waals surface area contributed by atoms with Gasteiger partial charge >= 0.3 is 0 Å². The second kappa shape index (κ2) is 4.94. The molecule has 1 atom stereocenters. The lowest BCUT2D eigenvalue weighted by Crippen LogP contribution is -2.03. The van der Waals surface area contributed by atoms with E-state index < -0.39 is 17.7 Å². The highest BCUT2D eigenvalue weighted by molar-refractivity contribution is 9.10. The Balaban J connectivity index is 2.43. The van der Waals surface area contributed by atoms with Gasteiger partial charge in [0.25, 0.3) is 0 Å². The molecule has 4 heteroatoms. The van der Waals surface area contributed by atoms with Crippen LogP contribution in [0.25, 0.3) is 0 Å². The van der Waals surface area contributed by atoms with Gasteiger partial charge in [0.05, 0.1) is 0 Å². The highest BCUT2D eigenvalue weighted by Gasteiger charge is 2.15. The first-order valence-corrected chi connectivity index (χ1v) is 5.75. The number of aliphatic hydroxyl groups is 1. The van der Waals surface area contributed by atoms with Gasteiger partial charge in [-0.2, -0.15) is 0 Å². The highest BCUT2D eigenvalue weighted by Crippen LogP contribution is 2.26. The summed E-state index contributed by atoms with van der Waals surface area (Å²) in [7, 11) is 0. The molecule has 0 radical (unpaired) electrons. The van der Waals surface area contributed by atoms with Crippen molar-refractivity contribution in [2.75, 3.05) is 0 Å². The van der Waals surface area contributed by atoms with Crippen LogP contribution in [0, 0.1) is 11.6 Å². The third-order valence-corrected chi connectivity index (χ3v) is 2.91. The van der Waals surface area contributed by atoms with E-state index in [1.54, 1.807) is 24.3 Å². The van der Waals surface area contributed by atoms with Gasteiger partial charge in [0.2, 0.25) is 0 Å². The smallest absolute Gasteiger partial charge is 0.129 e. The van der Waals surface area contributed by atoms with Gasteiger partial charge in [-0.3, -0.25) is 0 Å². The van der Waals surface area contributed by atoms with Crippen LogP contribution in [0.1, 0.15) is 17.2 Å². The Labute approximate surface area is 106 Å². The molecule has 2 aromatic carbocycles. The van der Waals surface area contributed by atoms with Crippen molar-refractivity contribution in [2.24, 2.45) is 0 Å². The molecule has 0 spiro atoms. The summed E-state index contributed by atoms with van der Waals surface area (Å²) in [5, 5.41) is 9.99. The van der Waals surface area contributed by atoms with Crippen molar-refractivity contribution in [3.63, 3.8) is 0 Å². The van der Waals surface area contributed by atoms with E-state index in [0.29, 0.717) is 5.56 Å². The van der Waals surface area contributed by atoms with Gasteiger partial charge < -0.3 is 5.11 Å². The molecule has 0 aliphatic heterocycles. The maximum Gasteiger partial charge on any atom is 0.129 e. The van der Waals surface area contributed by atoms with Crippen LogP contribution >= 0.6 is 15.9 Å². The average Bonchev–Trinajstić information content (AvgIpc) is 2.31. The quantitative estimate of drug-likeness (QED) is 0.894. The summed E-state index contributed by atoms with van der Waals surface area (Å²) in [6.07, 6.45) is -1.18. The number of hydrogen-bond donors (Lipinski definition) is 1. The third kappa shape index (κ3) is 2.70. The SMILES string of the molecule is OC(c1cccc(Br)c1)c1cc(F)ccc1F. The van der Waals surface area contributed by atoms with E-state index in [1.165, 1.54) is 0 Å². The molecule has 2 aromatic rings. The number of halogens is 3. The normalized spacial score (nSPS) is 12.5. The molecular formula is C13H9BrF2O. The fourth-order valence-electron chi connectivity index (χ4n) is 1.58. The Morgan fingerprint density at radius 1 is 1.06 bits per heavy atom. The zero-order chi connectivity index (χ0) is 12.4. The Kier molecular flexibility index (Phi) is 3.54. The van der Waals surface area contributed by atoms with Crippen LogP contribution in [-0.4, -0.2) is 5.11 Å². The summed E-state index contributed by atoms with van der Waals surface area (Å²) in [4.78, 5) is 0. The Morgan fingerprint density at radius 3 is 2.53 bits per heavy atom.